The minimum Gasteiger partial charge on any atom is -0.450 e. The van der Waals surface area contributed by atoms with Crippen LogP contribution in [0.5, 0.6) is 0 Å². The molecule has 2 aromatic rings. The zero-order valence-electron chi connectivity index (χ0n) is 19.8. The van der Waals surface area contributed by atoms with Crippen molar-refractivity contribution in [2.24, 2.45) is 4.99 Å². The number of piperidine rings is 1. The van der Waals surface area contributed by atoms with Gasteiger partial charge in [-0.05, 0) is 32.3 Å². The lowest BCUT2D eigenvalue weighted by molar-refractivity contribution is 0.0963. The molecule has 0 saturated carbocycles. The summed E-state index contributed by atoms with van der Waals surface area (Å²) in [4.78, 5) is 18.5. The molecule has 0 unspecified atom stereocenters. The zero-order valence-corrected chi connectivity index (χ0v) is 22.1. The number of benzene rings is 1. The predicted molar refractivity (Wildman–Crippen MR) is 140 cm³/mol. The molecular formula is C23H36IN7O2. The highest BCUT2D eigenvalue weighted by atomic mass is 127. The number of guanidine groups is 1. The van der Waals surface area contributed by atoms with E-state index in [4.69, 9.17) is 9.73 Å². The van der Waals surface area contributed by atoms with Gasteiger partial charge < -0.3 is 24.8 Å². The standard InChI is InChI=1S/C23H35N7O2.HI/c1-4-21-28-26-17-30(21)15-12-24-22(25-16-19-8-6-18(3)7-9-19)27-20-10-13-29(14-11-20)23(31)32-5-2;/h6-9,17,20H,4-5,10-16H2,1-3H3,(H2,24,25,27);1H. The van der Waals surface area contributed by atoms with Crippen molar-refractivity contribution in [3.63, 3.8) is 0 Å². The van der Waals surface area contributed by atoms with E-state index in [0.717, 1.165) is 37.6 Å². The number of likely N-dealkylation sites (tertiary alicyclic amines) is 1. The smallest absolute Gasteiger partial charge is 0.409 e. The highest BCUT2D eigenvalue weighted by molar-refractivity contribution is 14.0. The Balaban J connectivity index is 0.00000385. The Morgan fingerprint density at radius 2 is 1.94 bits per heavy atom. The Morgan fingerprint density at radius 3 is 2.61 bits per heavy atom. The van der Waals surface area contributed by atoms with Crippen molar-refractivity contribution < 1.29 is 9.53 Å². The van der Waals surface area contributed by atoms with Crippen molar-refractivity contribution in [2.45, 2.75) is 59.2 Å². The SMILES string of the molecule is CCOC(=O)N1CCC(NC(=NCc2ccc(C)cc2)NCCn2cnnc2CC)CC1.I. The van der Waals surface area contributed by atoms with E-state index in [1.807, 2.05) is 6.92 Å². The number of aryl methyl sites for hydroxylation is 2. The number of carbonyl (C=O) groups is 1. The highest BCUT2D eigenvalue weighted by Crippen LogP contribution is 2.12. The molecule has 0 atom stereocenters. The van der Waals surface area contributed by atoms with E-state index >= 15 is 0 Å². The average Bonchev–Trinajstić information content (AvgIpc) is 3.26. The van der Waals surface area contributed by atoms with Gasteiger partial charge in [0.2, 0.25) is 0 Å². The minimum absolute atomic E-state index is 0. The molecule has 1 aliphatic heterocycles. The molecule has 3 rings (SSSR count). The van der Waals surface area contributed by atoms with E-state index in [1.165, 1.54) is 11.1 Å². The fourth-order valence-electron chi connectivity index (χ4n) is 3.67. The molecule has 0 radical (unpaired) electrons. The third-order valence-corrected chi connectivity index (χ3v) is 5.56. The van der Waals surface area contributed by atoms with Gasteiger partial charge in [-0.2, -0.15) is 0 Å². The molecule has 0 aliphatic carbocycles. The Bertz CT molecular complexity index is 877. The summed E-state index contributed by atoms with van der Waals surface area (Å²) >= 11 is 0. The number of hydrogen-bond donors (Lipinski definition) is 2. The van der Waals surface area contributed by atoms with Crippen LogP contribution in [0.25, 0.3) is 0 Å². The Kier molecular flexibility index (Phi) is 11.4. The minimum atomic E-state index is -0.224. The van der Waals surface area contributed by atoms with Crippen LogP contribution in [0.2, 0.25) is 0 Å². The van der Waals surface area contributed by atoms with Crippen LogP contribution in [0.4, 0.5) is 4.79 Å². The molecule has 1 fully saturated rings. The second-order valence-corrected chi connectivity index (χ2v) is 7.98. The molecule has 1 aromatic carbocycles. The normalized spacial score (nSPS) is 14.5. The number of nitrogens with one attached hydrogen (secondary N) is 2. The first-order chi connectivity index (χ1) is 15.6. The Labute approximate surface area is 213 Å². The number of nitrogens with zero attached hydrogens (tertiary/aromatic N) is 5. The van der Waals surface area contributed by atoms with Gasteiger partial charge in [-0.3, -0.25) is 0 Å². The first kappa shape index (κ1) is 26.9. The van der Waals surface area contributed by atoms with Crippen LogP contribution < -0.4 is 10.6 Å². The third-order valence-electron chi connectivity index (χ3n) is 5.56. The lowest BCUT2D eigenvalue weighted by Crippen LogP contribution is -2.50. The van der Waals surface area contributed by atoms with Crippen molar-refractivity contribution in [3.05, 3.63) is 47.5 Å². The molecule has 1 aliphatic rings. The summed E-state index contributed by atoms with van der Waals surface area (Å²) in [5.74, 6) is 1.76. The number of rotatable bonds is 8. The summed E-state index contributed by atoms with van der Waals surface area (Å²) in [6.45, 7) is 9.84. The molecule has 1 amide bonds. The largest absolute Gasteiger partial charge is 0.450 e. The lowest BCUT2D eigenvalue weighted by atomic mass is 10.1. The predicted octanol–water partition coefficient (Wildman–Crippen LogP) is 3.12. The van der Waals surface area contributed by atoms with Gasteiger partial charge in [0.25, 0.3) is 0 Å². The summed E-state index contributed by atoms with van der Waals surface area (Å²) in [7, 11) is 0. The Morgan fingerprint density at radius 1 is 1.21 bits per heavy atom. The maximum Gasteiger partial charge on any atom is 0.409 e. The summed E-state index contributed by atoms with van der Waals surface area (Å²) in [6, 6.07) is 8.69. The molecule has 0 spiro atoms. The first-order valence-electron chi connectivity index (χ1n) is 11.5. The van der Waals surface area contributed by atoms with Crippen molar-refractivity contribution >= 4 is 36.0 Å². The van der Waals surface area contributed by atoms with E-state index in [-0.39, 0.29) is 36.1 Å². The van der Waals surface area contributed by atoms with Crippen molar-refractivity contribution in [1.82, 2.24) is 30.3 Å². The highest BCUT2D eigenvalue weighted by Gasteiger charge is 2.24. The van der Waals surface area contributed by atoms with Gasteiger partial charge in [0.1, 0.15) is 12.2 Å². The molecular weight excluding hydrogens is 533 g/mol. The van der Waals surface area contributed by atoms with Crippen molar-refractivity contribution in [3.8, 4) is 0 Å². The van der Waals surface area contributed by atoms with Gasteiger partial charge in [0, 0.05) is 38.6 Å². The number of ether oxygens (including phenoxy) is 1. The molecule has 0 bridgehead atoms. The molecule has 33 heavy (non-hydrogen) atoms. The molecule has 2 N–H and O–H groups in total. The molecule has 2 heterocycles. The van der Waals surface area contributed by atoms with Crippen LogP contribution in [-0.2, 0) is 24.2 Å². The van der Waals surface area contributed by atoms with E-state index < -0.39 is 0 Å². The quantitative estimate of drug-likeness (QED) is 0.288. The van der Waals surface area contributed by atoms with Gasteiger partial charge in [0.05, 0.1) is 13.2 Å². The number of hydrogen-bond acceptors (Lipinski definition) is 5. The number of halogens is 1. The maximum atomic E-state index is 12.0. The number of carbonyl (C=O) groups excluding carboxylic acids is 1. The van der Waals surface area contributed by atoms with Crippen LogP contribution in [0.3, 0.4) is 0 Å². The topological polar surface area (TPSA) is 96.7 Å². The van der Waals surface area contributed by atoms with E-state index in [9.17, 15) is 4.79 Å². The summed E-state index contributed by atoms with van der Waals surface area (Å²) < 4.78 is 7.18. The second kappa shape index (κ2) is 14.0. The molecule has 10 heteroatoms. The fraction of sp³-hybridized carbons (Fsp3) is 0.565. The van der Waals surface area contributed by atoms with Crippen molar-refractivity contribution in [1.29, 1.82) is 0 Å². The number of amides is 1. The van der Waals surface area contributed by atoms with Gasteiger partial charge in [0.15, 0.2) is 5.96 Å². The van der Waals surface area contributed by atoms with E-state index in [1.54, 1.807) is 11.2 Å². The van der Waals surface area contributed by atoms with Crippen LogP contribution in [0.1, 0.15) is 43.6 Å². The fourth-order valence-corrected chi connectivity index (χ4v) is 3.67. The number of aromatic nitrogens is 3. The van der Waals surface area contributed by atoms with Crippen LogP contribution in [0, 0.1) is 6.92 Å². The van der Waals surface area contributed by atoms with Gasteiger partial charge in [-0.1, -0.05) is 36.8 Å². The van der Waals surface area contributed by atoms with Gasteiger partial charge in [-0.15, -0.1) is 34.2 Å². The van der Waals surface area contributed by atoms with Crippen molar-refractivity contribution in [2.75, 3.05) is 26.2 Å². The monoisotopic (exact) mass is 569 g/mol. The van der Waals surface area contributed by atoms with Gasteiger partial charge in [-0.25, -0.2) is 9.79 Å². The molecule has 1 saturated heterocycles. The summed E-state index contributed by atoms with van der Waals surface area (Å²) in [6.07, 6.45) is 4.11. The number of aliphatic imine (C=N–C) groups is 1. The van der Waals surface area contributed by atoms with E-state index in [2.05, 4.69) is 63.5 Å². The van der Waals surface area contributed by atoms with Crippen LogP contribution in [-0.4, -0.2) is 64.0 Å². The average molecular weight is 569 g/mol. The molecule has 9 nitrogen and oxygen atoms in total. The van der Waals surface area contributed by atoms with Crippen LogP contribution >= 0.6 is 24.0 Å². The van der Waals surface area contributed by atoms with Gasteiger partial charge >= 0.3 is 6.09 Å². The molecule has 1 aromatic heterocycles. The Hall–Kier alpha value is -2.37. The zero-order chi connectivity index (χ0) is 22.8. The first-order valence-corrected chi connectivity index (χ1v) is 11.5. The van der Waals surface area contributed by atoms with E-state index in [0.29, 0.717) is 32.8 Å². The summed E-state index contributed by atoms with van der Waals surface area (Å²) in [5.41, 5.74) is 2.41. The maximum absolute atomic E-state index is 12.0. The lowest BCUT2D eigenvalue weighted by Gasteiger charge is -2.32. The molecule has 182 valence electrons. The summed E-state index contributed by atoms with van der Waals surface area (Å²) in [5, 5.41) is 15.1. The van der Waals surface area contributed by atoms with Crippen LogP contribution in [0.15, 0.2) is 35.6 Å². The third kappa shape index (κ3) is 8.49. The second-order valence-electron chi connectivity index (χ2n) is 7.98.